The summed E-state index contributed by atoms with van der Waals surface area (Å²) in [4.78, 5) is 4.33. The van der Waals surface area contributed by atoms with Crippen LogP contribution < -0.4 is 4.72 Å². The zero-order valence-corrected chi connectivity index (χ0v) is 12.3. The number of nitrogens with one attached hydrogen (secondary N) is 1. The zero-order valence-electron chi connectivity index (χ0n) is 11.5. The van der Waals surface area contributed by atoms with E-state index in [2.05, 4.69) is 14.9 Å². The molecule has 0 aliphatic carbocycles. The smallest absolute Gasteiger partial charge is 0.240 e. The van der Waals surface area contributed by atoms with Crippen molar-refractivity contribution >= 4 is 10.0 Å². The molecule has 0 radical (unpaired) electrons. The molecular formula is C13H17N3O3S. The van der Waals surface area contributed by atoms with Gasteiger partial charge >= 0.3 is 0 Å². The minimum absolute atomic E-state index is 0.0173. The predicted molar refractivity (Wildman–Crippen MR) is 73.5 cm³/mol. The number of benzene rings is 1. The van der Waals surface area contributed by atoms with Crippen LogP contribution in [-0.2, 0) is 23.0 Å². The summed E-state index contributed by atoms with van der Waals surface area (Å²) in [5.74, 6) is 0.862. The molecule has 0 saturated carbocycles. The fraction of sp³-hybridized carbons (Fsp3) is 0.385. The highest BCUT2D eigenvalue weighted by Crippen LogP contribution is 2.10. The number of rotatable bonds is 6. The minimum Gasteiger partial charge on any atom is -0.339 e. The summed E-state index contributed by atoms with van der Waals surface area (Å²) >= 11 is 0. The average Bonchev–Trinajstić information content (AvgIpc) is 2.85. The summed E-state index contributed by atoms with van der Waals surface area (Å²) in [5.41, 5.74) is 1.01. The Morgan fingerprint density at radius 3 is 2.60 bits per heavy atom. The van der Waals surface area contributed by atoms with E-state index in [4.69, 9.17) is 4.52 Å². The van der Waals surface area contributed by atoms with Gasteiger partial charge in [-0.3, -0.25) is 0 Å². The third-order valence-electron chi connectivity index (χ3n) is 2.73. The Labute approximate surface area is 118 Å². The summed E-state index contributed by atoms with van der Waals surface area (Å²) in [7, 11) is -3.55. The lowest BCUT2D eigenvalue weighted by atomic mass is 10.2. The Kier molecular flexibility index (Phi) is 4.51. The molecular weight excluding hydrogens is 278 g/mol. The first-order valence-corrected chi connectivity index (χ1v) is 7.87. The Morgan fingerprint density at radius 2 is 1.95 bits per heavy atom. The van der Waals surface area contributed by atoms with Crippen molar-refractivity contribution in [2.24, 2.45) is 0 Å². The van der Waals surface area contributed by atoms with Gasteiger partial charge in [-0.1, -0.05) is 29.8 Å². The first-order chi connectivity index (χ1) is 9.51. The van der Waals surface area contributed by atoms with Gasteiger partial charge in [0.1, 0.15) is 0 Å². The summed E-state index contributed by atoms with van der Waals surface area (Å²) in [6, 6.07) is 6.64. The molecule has 20 heavy (non-hydrogen) atoms. The standard InChI is InChI=1S/C13H17N3O3S/c1-3-4-13-15-12(16-19-13)9-14-20(17,18)11-7-5-10(2)6-8-11/h5-8,14H,3-4,9H2,1-2H3. The van der Waals surface area contributed by atoms with E-state index in [0.29, 0.717) is 18.1 Å². The van der Waals surface area contributed by atoms with Gasteiger partial charge in [0.25, 0.3) is 0 Å². The van der Waals surface area contributed by atoms with Gasteiger partial charge in [0.2, 0.25) is 15.9 Å². The van der Waals surface area contributed by atoms with E-state index in [-0.39, 0.29) is 11.4 Å². The topological polar surface area (TPSA) is 85.1 Å². The van der Waals surface area contributed by atoms with Crippen LogP contribution in [0.5, 0.6) is 0 Å². The SMILES string of the molecule is CCCc1nc(CNS(=O)(=O)c2ccc(C)cc2)no1. The third kappa shape index (κ3) is 3.64. The molecule has 0 aliphatic heterocycles. The number of sulfonamides is 1. The van der Waals surface area contributed by atoms with Crippen molar-refractivity contribution in [1.82, 2.24) is 14.9 Å². The Morgan fingerprint density at radius 1 is 1.25 bits per heavy atom. The number of aromatic nitrogens is 2. The van der Waals surface area contributed by atoms with Gasteiger partial charge in [-0.25, -0.2) is 13.1 Å². The average molecular weight is 295 g/mol. The van der Waals surface area contributed by atoms with Crippen LogP contribution in [0.3, 0.4) is 0 Å². The Hall–Kier alpha value is -1.73. The molecule has 6 nitrogen and oxygen atoms in total. The van der Waals surface area contributed by atoms with Gasteiger partial charge in [0.05, 0.1) is 11.4 Å². The molecule has 2 rings (SSSR count). The van der Waals surface area contributed by atoms with Crippen LogP contribution in [0.1, 0.15) is 30.6 Å². The van der Waals surface area contributed by atoms with Gasteiger partial charge in [-0.05, 0) is 25.5 Å². The number of aryl methyl sites for hydroxylation is 2. The molecule has 0 saturated heterocycles. The molecule has 1 N–H and O–H groups in total. The first-order valence-electron chi connectivity index (χ1n) is 6.39. The van der Waals surface area contributed by atoms with E-state index in [9.17, 15) is 8.42 Å². The van der Waals surface area contributed by atoms with Crippen molar-refractivity contribution in [3.05, 3.63) is 41.5 Å². The molecule has 1 aromatic carbocycles. The maximum absolute atomic E-state index is 12.1. The molecule has 1 aromatic heterocycles. The molecule has 0 atom stereocenters. The van der Waals surface area contributed by atoms with E-state index in [1.807, 2.05) is 13.8 Å². The summed E-state index contributed by atoms with van der Waals surface area (Å²) in [6.07, 6.45) is 1.59. The van der Waals surface area contributed by atoms with E-state index in [1.165, 1.54) is 0 Å². The molecule has 1 heterocycles. The Bertz CT molecular complexity index is 662. The van der Waals surface area contributed by atoms with Crippen LogP contribution in [0, 0.1) is 6.92 Å². The van der Waals surface area contributed by atoms with Gasteiger partial charge in [0, 0.05) is 6.42 Å². The van der Waals surface area contributed by atoms with E-state index < -0.39 is 10.0 Å². The molecule has 7 heteroatoms. The van der Waals surface area contributed by atoms with Crippen LogP contribution in [0.4, 0.5) is 0 Å². The second kappa shape index (κ2) is 6.15. The normalized spacial score (nSPS) is 11.7. The highest BCUT2D eigenvalue weighted by Gasteiger charge is 2.15. The fourth-order valence-corrected chi connectivity index (χ4v) is 2.62. The monoisotopic (exact) mass is 295 g/mol. The lowest BCUT2D eigenvalue weighted by molar-refractivity contribution is 0.371. The largest absolute Gasteiger partial charge is 0.339 e. The quantitative estimate of drug-likeness (QED) is 0.878. The highest BCUT2D eigenvalue weighted by atomic mass is 32.2. The van der Waals surface area contributed by atoms with Crippen molar-refractivity contribution in [1.29, 1.82) is 0 Å². The van der Waals surface area contributed by atoms with Crippen LogP contribution >= 0.6 is 0 Å². The van der Waals surface area contributed by atoms with E-state index >= 15 is 0 Å². The molecule has 0 unspecified atom stereocenters. The second-order valence-electron chi connectivity index (χ2n) is 4.49. The minimum atomic E-state index is -3.55. The number of hydrogen-bond donors (Lipinski definition) is 1. The molecule has 0 spiro atoms. The van der Waals surface area contributed by atoms with E-state index in [1.54, 1.807) is 24.3 Å². The maximum atomic E-state index is 12.1. The number of nitrogens with zero attached hydrogens (tertiary/aromatic N) is 2. The molecule has 108 valence electrons. The van der Waals surface area contributed by atoms with Gasteiger partial charge in [0.15, 0.2) is 5.82 Å². The van der Waals surface area contributed by atoms with E-state index in [0.717, 1.165) is 12.0 Å². The van der Waals surface area contributed by atoms with Crippen LogP contribution in [-0.4, -0.2) is 18.6 Å². The summed E-state index contributed by atoms with van der Waals surface area (Å²) < 4.78 is 31.6. The molecule has 0 bridgehead atoms. The first kappa shape index (κ1) is 14.7. The third-order valence-corrected chi connectivity index (χ3v) is 4.14. The predicted octanol–water partition coefficient (Wildman–Crippen LogP) is 1.81. The van der Waals surface area contributed by atoms with Crippen molar-refractivity contribution < 1.29 is 12.9 Å². The van der Waals surface area contributed by atoms with Gasteiger partial charge < -0.3 is 4.52 Å². The zero-order chi connectivity index (χ0) is 14.6. The molecule has 0 aliphatic rings. The number of hydrogen-bond acceptors (Lipinski definition) is 5. The van der Waals surface area contributed by atoms with Crippen LogP contribution in [0.2, 0.25) is 0 Å². The molecule has 0 amide bonds. The molecule has 0 fully saturated rings. The fourth-order valence-electron chi connectivity index (χ4n) is 1.64. The highest BCUT2D eigenvalue weighted by molar-refractivity contribution is 7.89. The second-order valence-corrected chi connectivity index (χ2v) is 6.26. The van der Waals surface area contributed by atoms with Gasteiger partial charge in [-0.2, -0.15) is 4.98 Å². The lowest BCUT2D eigenvalue weighted by Crippen LogP contribution is -2.23. The van der Waals surface area contributed by atoms with Crippen molar-refractivity contribution in [2.75, 3.05) is 0 Å². The Balaban J connectivity index is 2.03. The van der Waals surface area contributed by atoms with Crippen molar-refractivity contribution in [3.8, 4) is 0 Å². The van der Waals surface area contributed by atoms with Crippen molar-refractivity contribution in [3.63, 3.8) is 0 Å². The molecule has 2 aromatic rings. The maximum Gasteiger partial charge on any atom is 0.240 e. The summed E-state index contributed by atoms with van der Waals surface area (Å²) in [6.45, 7) is 3.92. The van der Waals surface area contributed by atoms with Crippen LogP contribution in [0.25, 0.3) is 0 Å². The van der Waals surface area contributed by atoms with Crippen molar-refractivity contribution in [2.45, 2.75) is 38.1 Å². The van der Waals surface area contributed by atoms with Gasteiger partial charge in [-0.15, -0.1) is 0 Å². The summed E-state index contributed by atoms with van der Waals surface area (Å²) in [5, 5.41) is 3.73. The van der Waals surface area contributed by atoms with Crippen LogP contribution in [0.15, 0.2) is 33.7 Å². The lowest BCUT2D eigenvalue weighted by Gasteiger charge is -2.04.